The molecule has 0 atom stereocenters. The molecule has 1 heterocycles. The topological polar surface area (TPSA) is 42.2 Å². The fraction of sp³-hybridized carbons (Fsp3) is 0.105. The van der Waals surface area contributed by atoms with E-state index in [-0.39, 0.29) is 0 Å². The number of carboxylic acid groups (broad SMARTS) is 1. The van der Waals surface area contributed by atoms with E-state index < -0.39 is 5.97 Å². The Labute approximate surface area is 129 Å². The Bertz CT molecular complexity index is 844. The van der Waals surface area contributed by atoms with Gasteiger partial charge in [-0.3, -0.25) is 0 Å². The lowest BCUT2D eigenvalue weighted by molar-refractivity contribution is -0.131. The Morgan fingerprint density at radius 2 is 1.91 bits per heavy atom. The van der Waals surface area contributed by atoms with Gasteiger partial charge < -0.3 is 9.67 Å². The Morgan fingerprint density at radius 1 is 1.14 bits per heavy atom. The lowest BCUT2D eigenvalue weighted by Crippen LogP contribution is -1.97. The predicted octanol–water partition coefficient (Wildman–Crippen LogP) is 4.18. The molecule has 0 saturated carbocycles. The number of hydrogen-bond acceptors (Lipinski definition) is 1. The summed E-state index contributed by atoms with van der Waals surface area (Å²) in [5.41, 5.74) is 4.10. The van der Waals surface area contributed by atoms with E-state index in [0.717, 1.165) is 28.6 Å². The number of aliphatic carboxylic acids is 1. The van der Waals surface area contributed by atoms with Gasteiger partial charge >= 0.3 is 5.97 Å². The fourth-order valence-corrected chi connectivity index (χ4v) is 2.63. The monoisotopic (exact) mass is 291 g/mol. The maximum atomic E-state index is 10.8. The summed E-state index contributed by atoms with van der Waals surface area (Å²) in [6.45, 7) is 2.64. The molecule has 22 heavy (non-hydrogen) atoms. The largest absolute Gasteiger partial charge is 0.478 e. The van der Waals surface area contributed by atoms with Crippen LogP contribution in [0.5, 0.6) is 0 Å². The van der Waals surface area contributed by atoms with Gasteiger partial charge in [-0.05, 0) is 41.8 Å². The van der Waals surface area contributed by atoms with Gasteiger partial charge in [-0.15, -0.1) is 0 Å². The van der Waals surface area contributed by atoms with Crippen LogP contribution in [-0.4, -0.2) is 15.6 Å². The Morgan fingerprint density at radius 3 is 2.64 bits per heavy atom. The molecule has 0 bridgehead atoms. The SMILES string of the molecule is CC(=CC(=O)O)c1ccc2c(ccn2Cc2ccccc2)c1. The third-order valence-corrected chi connectivity index (χ3v) is 3.76. The number of benzene rings is 2. The van der Waals surface area contributed by atoms with Crippen molar-refractivity contribution in [3.63, 3.8) is 0 Å². The third kappa shape index (κ3) is 2.93. The van der Waals surface area contributed by atoms with Gasteiger partial charge in [0, 0.05) is 29.7 Å². The summed E-state index contributed by atoms with van der Waals surface area (Å²) in [7, 11) is 0. The van der Waals surface area contributed by atoms with Crippen LogP contribution >= 0.6 is 0 Å². The summed E-state index contributed by atoms with van der Waals surface area (Å²) in [5, 5.41) is 9.96. The number of carboxylic acids is 1. The fourth-order valence-electron chi connectivity index (χ4n) is 2.63. The second-order valence-electron chi connectivity index (χ2n) is 5.37. The van der Waals surface area contributed by atoms with Crippen molar-refractivity contribution in [1.29, 1.82) is 0 Å². The van der Waals surface area contributed by atoms with Crippen molar-refractivity contribution in [2.24, 2.45) is 0 Å². The molecule has 0 radical (unpaired) electrons. The maximum absolute atomic E-state index is 10.8. The number of fused-ring (bicyclic) bond motifs is 1. The minimum absolute atomic E-state index is 0.755. The lowest BCUT2D eigenvalue weighted by Gasteiger charge is -2.07. The molecule has 0 aliphatic rings. The first-order valence-electron chi connectivity index (χ1n) is 7.18. The Kier molecular flexibility index (Phi) is 3.79. The van der Waals surface area contributed by atoms with Crippen LogP contribution in [0.15, 0.2) is 66.9 Å². The highest BCUT2D eigenvalue weighted by molar-refractivity contribution is 5.91. The number of hydrogen-bond donors (Lipinski definition) is 1. The maximum Gasteiger partial charge on any atom is 0.328 e. The average molecular weight is 291 g/mol. The molecule has 3 aromatic rings. The molecule has 0 spiro atoms. The van der Waals surface area contributed by atoms with Crippen LogP contribution in [0.25, 0.3) is 16.5 Å². The van der Waals surface area contributed by atoms with E-state index >= 15 is 0 Å². The highest BCUT2D eigenvalue weighted by Crippen LogP contribution is 2.23. The van der Waals surface area contributed by atoms with Gasteiger partial charge in [0.25, 0.3) is 0 Å². The van der Waals surface area contributed by atoms with E-state index in [1.165, 1.54) is 11.6 Å². The van der Waals surface area contributed by atoms with Crippen LogP contribution < -0.4 is 0 Å². The van der Waals surface area contributed by atoms with Gasteiger partial charge in [0.1, 0.15) is 0 Å². The molecular formula is C19H17NO2. The number of allylic oxidation sites excluding steroid dienone is 1. The molecule has 0 saturated heterocycles. The molecule has 0 aliphatic heterocycles. The highest BCUT2D eigenvalue weighted by atomic mass is 16.4. The van der Waals surface area contributed by atoms with Crippen LogP contribution in [0, 0.1) is 0 Å². The zero-order valence-corrected chi connectivity index (χ0v) is 12.4. The molecule has 1 aromatic heterocycles. The molecule has 0 amide bonds. The molecule has 3 nitrogen and oxygen atoms in total. The first kappa shape index (κ1) is 14.1. The van der Waals surface area contributed by atoms with E-state index in [1.807, 2.05) is 43.3 Å². The minimum Gasteiger partial charge on any atom is -0.478 e. The normalized spacial score (nSPS) is 11.8. The van der Waals surface area contributed by atoms with Crippen molar-refractivity contribution in [2.45, 2.75) is 13.5 Å². The van der Waals surface area contributed by atoms with E-state index in [0.29, 0.717) is 0 Å². The van der Waals surface area contributed by atoms with Gasteiger partial charge in [-0.2, -0.15) is 0 Å². The second kappa shape index (κ2) is 5.90. The molecule has 3 heteroatoms. The van der Waals surface area contributed by atoms with Crippen LogP contribution in [-0.2, 0) is 11.3 Å². The van der Waals surface area contributed by atoms with E-state index in [4.69, 9.17) is 5.11 Å². The zero-order chi connectivity index (χ0) is 15.5. The van der Waals surface area contributed by atoms with E-state index in [2.05, 4.69) is 29.0 Å². The van der Waals surface area contributed by atoms with Crippen LogP contribution in [0.1, 0.15) is 18.1 Å². The van der Waals surface area contributed by atoms with Gasteiger partial charge in [0.05, 0.1) is 0 Å². The standard InChI is InChI=1S/C19H17NO2/c1-14(11-19(21)22)16-7-8-18-17(12-16)9-10-20(18)13-15-5-3-2-4-6-15/h2-12H,13H2,1H3,(H,21,22). The molecule has 2 aromatic carbocycles. The summed E-state index contributed by atoms with van der Waals surface area (Å²) < 4.78 is 2.20. The third-order valence-electron chi connectivity index (χ3n) is 3.76. The molecule has 0 fully saturated rings. The summed E-state index contributed by atoms with van der Waals surface area (Å²) in [6.07, 6.45) is 3.31. The van der Waals surface area contributed by atoms with E-state index in [1.54, 1.807) is 0 Å². The minimum atomic E-state index is -0.917. The van der Waals surface area contributed by atoms with Crippen LogP contribution in [0.2, 0.25) is 0 Å². The molecule has 0 aliphatic carbocycles. The van der Waals surface area contributed by atoms with Crippen LogP contribution in [0.4, 0.5) is 0 Å². The second-order valence-corrected chi connectivity index (χ2v) is 5.37. The number of rotatable bonds is 4. The average Bonchev–Trinajstić information content (AvgIpc) is 2.90. The van der Waals surface area contributed by atoms with Gasteiger partial charge in [-0.1, -0.05) is 36.4 Å². The summed E-state index contributed by atoms with van der Waals surface area (Å²) in [5.74, 6) is -0.917. The van der Waals surface area contributed by atoms with Crippen molar-refractivity contribution in [3.05, 3.63) is 78.0 Å². The van der Waals surface area contributed by atoms with Crippen molar-refractivity contribution in [3.8, 4) is 0 Å². The molecule has 0 unspecified atom stereocenters. The zero-order valence-electron chi connectivity index (χ0n) is 12.4. The Hall–Kier alpha value is -2.81. The van der Waals surface area contributed by atoms with Crippen molar-refractivity contribution in [2.75, 3.05) is 0 Å². The smallest absolute Gasteiger partial charge is 0.328 e. The number of nitrogens with zero attached hydrogens (tertiary/aromatic N) is 1. The van der Waals surface area contributed by atoms with Gasteiger partial charge in [-0.25, -0.2) is 4.79 Å². The molecule has 110 valence electrons. The summed E-state index contributed by atoms with van der Waals surface area (Å²) >= 11 is 0. The van der Waals surface area contributed by atoms with Crippen LogP contribution in [0.3, 0.4) is 0 Å². The van der Waals surface area contributed by atoms with Crippen molar-refractivity contribution >= 4 is 22.4 Å². The quantitative estimate of drug-likeness (QED) is 0.733. The molecule has 1 N–H and O–H groups in total. The number of aromatic nitrogens is 1. The Balaban J connectivity index is 1.95. The van der Waals surface area contributed by atoms with Crippen molar-refractivity contribution < 1.29 is 9.90 Å². The molecular weight excluding hydrogens is 274 g/mol. The molecule has 3 rings (SSSR count). The van der Waals surface area contributed by atoms with Crippen molar-refractivity contribution in [1.82, 2.24) is 4.57 Å². The first-order chi connectivity index (χ1) is 10.6. The highest BCUT2D eigenvalue weighted by Gasteiger charge is 2.05. The lowest BCUT2D eigenvalue weighted by atomic mass is 10.1. The van der Waals surface area contributed by atoms with E-state index in [9.17, 15) is 4.79 Å². The number of carbonyl (C=O) groups is 1. The predicted molar refractivity (Wildman–Crippen MR) is 88.8 cm³/mol. The summed E-state index contributed by atoms with van der Waals surface area (Å²) in [4.78, 5) is 10.8. The van der Waals surface area contributed by atoms with Gasteiger partial charge in [0.15, 0.2) is 0 Å². The summed E-state index contributed by atoms with van der Waals surface area (Å²) in [6, 6.07) is 18.4. The first-order valence-corrected chi connectivity index (χ1v) is 7.18. The van der Waals surface area contributed by atoms with Gasteiger partial charge in [0.2, 0.25) is 0 Å².